The third-order valence-electron chi connectivity index (χ3n) is 15.4. The Bertz CT molecular complexity index is 4680. The molecular weight excluding hydrogens is 973 g/mol. The first kappa shape index (κ1) is 46.5. The van der Waals surface area contributed by atoms with Crippen LogP contribution in [-0.4, -0.2) is 19.5 Å². The zero-order chi connectivity index (χ0) is 52.9. The molecular formula is C75H48N4O. The maximum atomic E-state index is 6.67. The molecule has 0 spiro atoms. The second kappa shape index (κ2) is 19.7. The summed E-state index contributed by atoms with van der Waals surface area (Å²) in [5.41, 5.74) is 21.3. The van der Waals surface area contributed by atoms with Gasteiger partial charge in [-0.15, -0.1) is 0 Å². The molecule has 5 heteroatoms. The number of nitrogens with zero attached hydrogens (tertiary/aromatic N) is 4. The quantitative estimate of drug-likeness (QED) is 0.137. The van der Waals surface area contributed by atoms with Gasteiger partial charge >= 0.3 is 0 Å². The van der Waals surface area contributed by atoms with Crippen molar-refractivity contribution in [1.29, 1.82) is 0 Å². The van der Waals surface area contributed by atoms with Gasteiger partial charge in [-0.05, 0) is 146 Å². The molecule has 0 saturated heterocycles. The molecule has 0 amide bonds. The summed E-state index contributed by atoms with van der Waals surface area (Å²) in [5.74, 6) is 1.74. The van der Waals surface area contributed by atoms with Crippen LogP contribution in [0.1, 0.15) is 0 Å². The summed E-state index contributed by atoms with van der Waals surface area (Å²) in [4.78, 5) is 15.8. The van der Waals surface area contributed by atoms with Crippen LogP contribution in [-0.2, 0) is 0 Å². The van der Waals surface area contributed by atoms with Crippen molar-refractivity contribution in [2.45, 2.75) is 0 Å². The van der Waals surface area contributed by atoms with E-state index in [9.17, 15) is 0 Å². The van der Waals surface area contributed by atoms with Crippen molar-refractivity contribution in [2.24, 2.45) is 0 Å². The highest BCUT2D eigenvalue weighted by Gasteiger charge is 2.21. The van der Waals surface area contributed by atoms with E-state index in [1.165, 1.54) is 33.0 Å². The molecule has 0 radical (unpaired) electrons. The molecule has 0 fully saturated rings. The van der Waals surface area contributed by atoms with Gasteiger partial charge in [0.15, 0.2) is 17.5 Å². The molecule has 0 N–H and O–H groups in total. The lowest BCUT2D eigenvalue weighted by Gasteiger charge is -2.14. The third-order valence-corrected chi connectivity index (χ3v) is 15.4. The lowest BCUT2D eigenvalue weighted by atomic mass is 9.93. The number of furan rings is 1. The van der Waals surface area contributed by atoms with Crippen molar-refractivity contribution in [3.8, 4) is 107 Å². The Morgan fingerprint density at radius 2 is 0.650 bits per heavy atom. The lowest BCUT2D eigenvalue weighted by Crippen LogP contribution is -2.00. The molecule has 80 heavy (non-hydrogen) atoms. The first-order valence-electron chi connectivity index (χ1n) is 27.1. The number of aromatic nitrogens is 4. The fraction of sp³-hybridized carbons (Fsp3) is 0. The van der Waals surface area contributed by atoms with Crippen LogP contribution >= 0.6 is 0 Å². The molecule has 3 heterocycles. The molecule has 3 aromatic heterocycles. The Balaban J connectivity index is 0.853. The van der Waals surface area contributed by atoms with Crippen LogP contribution in [0.5, 0.6) is 0 Å². The average molecular weight is 1020 g/mol. The highest BCUT2D eigenvalue weighted by Crippen LogP contribution is 2.42. The van der Waals surface area contributed by atoms with Crippen LogP contribution in [0.4, 0.5) is 0 Å². The first-order valence-corrected chi connectivity index (χ1v) is 27.1. The maximum Gasteiger partial charge on any atom is 0.164 e. The normalized spacial score (nSPS) is 11.5. The summed E-state index contributed by atoms with van der Waals surface area (Å²) in [6.45, 7) is 0. The zero-order valence-corrected chi connectivity index (χ0v) is 43.4. The van der Waals surface area contributed by atoms with Crippen molar-refractivity contribution in [3.63, 3.8) is 0 Å². The van der Waals surface area contributed by atoms with Crippen LogP contribution in [0.25, 0.3) is 150 Å². The highest BCUT2D eigenvalue weighted by atomic mass is 16.3. The van der Waals surface area contributed by atoms with Crippen LogP contribution < -0.4 is 0 Å². The van der Waals surface area contributed by atoms with E-state index < -0.39 is 0 Å². The third kappa shape index (κ3) is 8.51. The maximum absolute atomic E-state index is 6.67. The monoisotopic (exact) mass is 1020 g/mol. The number of para-hydroxylation sites is 1. The summed E-state index contributed by atoms with van der Waals surface area (Å²) in [6.07, 6.45) is 0. The summed E-state index contributed by atoms with van der Waals surface area (Å²) in [5, 5.41) is 4.30. The van der Waals surface area contributed by atoms with Gasteiger partial charge < -0.3 is 8.98 Å². The van der Waals surface area contributed by atoms with Crippen LogP contribution in [0.3, 0.4) is 0 Å². The highest BCUT2D eigenvalue weighted by molar-refractivity contribution is 6.14. The van der Waals surface area contributed by atoms with Gasteiger partial charge in [0.1, 0.15) is 11.2 Å². The van der Waals surface area contributed by atoms with Gasteiger partial charge in [0.05, 0.1) is 11.0 Å². The van der Waals surface area contributed by atoms with Gasteiger partial charge in [-0.3, -0.25) is 0 Å². The number of hydrogen-bond donors (Lipinski definition) is 0. The molecule has 0 aliphatic heterocycles. The van der Waals surface area contributed by atoms with E-state index in [0.29, 0.717) is 17.5 Å². The fourth-order valence-corrected chi connectivity index (χ4v) is 11.5. The van der Waals surface area contributed by atoms with E-state index in [1.807, 2.05) is 30.3 Å². The van der Waals surface area contributed by atoms with Crippen molar-refractivity contribution in [3.05, 3.63) is 291 Å². The lowest BCUT2D eigenvalue weighted by molar-refractivity contribution is 0.669. The summed E-state index contributed by atoms with van der Waals surface area (Å²) in [6, 6.07) is 103. The van der Waals surface area contributed by atoms with Crippen LogP contribution in [0, 0.1) is 0 Å². The minimum absolute atomic E-state index is 0.566. The Kier molecular flexibility index (Phi) is 11.4. The first-order chi connectivity index (χ1) is 39.6. The SMILES string of the molecule is c1ccc(-c2cc(-c3ccccc3)cc(-c3cccc(-c4nc(-c5ccccc5)nc(-c5cccc6oc7ccc(-c8ccc9c(c8)c8ccccc8n9-c8cc(-c9ccccc9)cc(-c9ccccc9)c8)cc7c56)n4)c3)c2)cc1. The molecule has 15 rings (SSSR count). The average Bonchev–Trinajstić information content (AvgIpc) is 4.16. The second-order valence-corrected chi connectivity index (χ2v) is 20.4. The van der Waals surface area contributed by atoms with Crippen molar-refractivity contribution in [2.75, 3.05) is 0 Å². The predicted octanol–water partition coefficient (Wildman–Crippen LogP) is 19.9. The van der Waals surface area contributed by atoms with E-state index in [0.717, 1.165) is 99.9 Å². The van der Waals surface area contributed by atoms with E-state index in [-0.39, 0.29) is 0 Å². The molecule has 374 valence electrons. The molecule has 0 unspecified atom stereocenters. The Morgan fingerprint density at radius 3 is 1.25 bits per heavy atom. The van der Waals surface area contributed by atoms with Crippen molar-refractivity contribution >= 4 is 43.7 Å². The predicted molar refractivity (Wildman–Crippen MR) is 330 cm³/mol. The largest absolute Gasteiger partial charge is 0.456 e. The van der Waals surface area contributed by atoms with E-state index in [1.54, 1.807) is 0 Å². The van der Waals surface area contributed by atoms with Gasteiger partial charge in [0.2, 0.25) is 0 Å². The molecule has 0 aliphatic carbocycles. The van der Waals surface area contributed by atoms with Crippen LogP contribution in [0.15, 0.2) is 296 Å². The smallest absolute Gasteiger partial charge is 0.164 e. The van der Waals surface area contributed by atoms with Gasteiger partial charge in [0.25, 0.3) is 0 Å². The number of rotatable bonds is 10. The van der Waals surface area contributed by atoms with Crippen molar-refractivity contribution in [1.82, 2.24) is 19.5 Å². The Morgan fingerprint density at radius 1 is 0.237 bits per heavy atom. The Labute approximate surface area is 463 Å². The van der Waals surface area contributed by atoms with Gasteiger partial charge in [-0.2, -0.15) is 0 Å². The van der Waals surface area contributed by atoms with Gasteiger partial charge in [0, 0.05) is 43.9 Å². The van der Waals surface area contributed by atoms with Gasteiger partial charge in [-0.1, -0.05) is 212 Å². The zero-order valence-electron chi connectivity index (χ0n) is 43.4. The van der Waals surface area contributed by atoms with E-state index in [4.69, 9.17) is 19.4 Å². The molecule has 0 atom stereocenters. The second-order valence-electron chi connectivity index (χ2n) is 20.4. The van der Waals surface area contributed by atoms with Crippen molar-refractivity contribution < 1.29 is 4.42 Å². The van der Waals surface area contributed by atoms with Crippen LogP contribution in [0.2, 0.25) is 0 Å². The molecule has 12 aromatic carbocycles. The van der Waals surface area contributed by atoms with Gasteiger partial charge in [-0.25, -0.2) is 15.0 Å². The molecule has 0 aliphatic rings. The standard InChI is InChI=1S/C75H48N4O/c1-6-20-49(21-7-1)58-41-59(50-22-8-2-9-23-50)43-60(42-58)54-30-18-31-57(40-54)74-76-73(53-28-14-5-15-29-53)77-75(78-74)65-33-19-35-71-72(65)67-48-56(37-39-70(67)80-71)55-36-38-69-66(47-55)64-32-16-17-34-68(64)79(69)63-45-61(51-24-10-3-11-25-51)44-62(46-63)52-26-12-4-13-27-52/h1-48H. The number of benzene rings is 12. The number of fused-ring (bicyclic) bond motifs is 6. The fourth-order valence-electron chi connectivity index (χ4n) is 11.5. The summed E-state index contributed by atoms with van der Waals surface area (Å²) >= 11 is 0. The molecule has 15 aromatic rings. The van der Waals surface area contributed by atoms with E-state index >= 15 is 0 Å². The summed E-state index contributed by atoms with van der Waals surface area (Å²) in [7, 11) is 0. The molecule has 0 bridgehead atoms. The Hall–Kier alpha value is -10.8. The number of hydrogen-bond acceptors (Lipinski definition) is 4. The minimum atomic E-state index is 0.566. The summed E-state index contributed by atoms with van der Waals surface area (Å²) < 4.78 is 9.09. The van der Waals surface area contributed by atoms with E-state index in [2.05, 4.69) is 265 Å². The topological polar surface area (TPSA) is 56.7 Å². The molecule has 5 nitrogen and oxygen atoms in total. The minimum Gasteiger partial charge on any atom is -0.456 e. The molecule has 0 saturated carbocycles.